The Bertz CT molecular complexity index is 746. The van der Waals surface area contributed by atoms with Crippen molar-refractivity contribution in [1.82, 2.24) is 4.90 Å². The van der Waals surface area contributed by atoms with E-state index in [1.165, 1.54) is 11.1 Å². The molecule has 4 heteroatoms. The summed E-state index contributed by atoms with van der Waals surface area (Å²) in [5.74, 6) is 1.04. The molecule has 1 amide bonds. The standard InChI is InChI=1S/C20H22ClNOS/c1-14-17-8-4-3-6-15(17)10-11-22(14)20(23)12-18-16(13-24-2)7-5-9-19(18)21/h3-9,14H,10-13H2,1-2H3/t14-/m0/s1. The van der Waals surface area contributed by atoms with Crippen molar-refractivity contribution in [2.75, 3.05) is 12.8 Å². The van der Waals surface area contributed by atoms with Crippen molar-refractivity contribution in [3.63, 3.8) is 0 Å². The predicted octanol–water partition coefficient (Wildman–Crippen LogP) is 4.89. The molecule has 0 bridgehead atoms. The van der Waals surface area contributed by atoms with E-state index in [2.05, 4.69) is 37.4 Å². The van der Waals surface area contributed by atoms with Crippen molar-refractivity contribution in [1.29, 1.82) is 0 Å². The summed E-state index contributed by atoms with van der Waals surface area (Å²) in [7, 11) is 0. The first-order valence-electron chi connectivity index (χ1n) is 8.24. The third-order valence-corrected chi connectivity index (χ3v) is 5.71. The number of thioether (sulfide) groups is 1. The number of carbonyl (C=O) groups is 1. The van der Waals surface area contributed by atoms with Crippen molar-refractivity contribution in [3.05, 3.63) is 69.7 Å². The van der Waals surface area contributed by atoms with Crippen LogP contribution >= 0.6 is 23.4 Å². The van der Waals surface area contributed by atoms with Gasteiger partial charge >= 0.3 is 0 Å². The monoisotopic (exact) mass is 359 g/mol. The van der Waals surface area contributed by atoms with Gasteiger partial charge in [0.15, 0.2) is 0 Å². The van der Waals surface area contributed by atoms with Gasteiger partial charge < -0.3 is 4.90 Å². The van der Waals surface area contributed by atoms with Crippen LogP contribution in [0.3, 0.4) is 0 Å². The Balaban J connectivity index is 1.82. The average molecular weight is 360 g/mol. The van der Waals surface area contributed by atoms with Crippen LogP contribution in [0.15, 0.2) is 42.5 Å². The summed E-state index contributed by atoms with van der Waals surface area (Å²) in [5, 5.41) is 0.694. The molecule has 2 nitrogen and oxygen atoms in total. The van der Waals surface area contributed by atoms with E-state index in [1.54, 1.807) is 11.8 Å². The van der Waals surface area contributed by atoms with Gasteiger partial charge in [-0.2, -0.15) is 11.8 Å². The molecule has 1 heterocycles. The number of benzene rings is 2. The highest BCUT2D eigenvalue weighted by atomic mass is 35.5. The maximum atomic E-state index is 13.0. The zero-order valence-electron chi connectivity index (χ0n) is 14.1. The van der Waals surface area contributed by atoms with Crippen LogP contribution in [0, 0.1) is 0 Å². The highest BCUT2D eigenvalue weighted by molar-refractivity contribution is 7.97. The Hall–Kier alpha value is -1.45. The van der Waals surface area contributed by atoms with Crippen molar-refractivity contribution in [2.45, 2.75) is 31.6 Å². The van der Waals surface area contributed by atoms with Crippen LogP contribution < -0.4 is 0 Å². The maximum Gasteiger partial charge on any atom is 0.227 e. The van der Waals surface area contributed by atoms with Crippen LogP contribution in [0.2, 0.25) is 5.02 Å². The van der Waals surface area contributed by atoms with Gasteiger partial charge in [-0.25, -0.2) is 0 Å². The zero-order chi connectivity index (χ0) is 17.1. The number of nitrogens with zero attached hydrogens (tertiary/aromatic N) is 1. The SMILES string of the molecule is CSCc1cccc(Cl)c1CC(=O)N1CCc2ccccc2[C@@H]1C. The lowest BCUT2D eigenvalue weighted by molar-refractivity contribution is -0.133. The summed E-state index contributed by atoms with van der Waals surface area (Å²) in [6, 6.07) is 14.4. The minimum Gasteiger partial charge on any atom is -0.335 e. The molecule has 2 aromatic carbocycles. The molecule has 1 atom stereocenters. The topological polar surface area (TPSA) is 20.3 Å². The second-order valence-electron chi connectivity index (χ2n) is 6.20. The molecule has 126 valence electrons. The van der Waals surface area contributed by atoms with E-state index in [0.29, 0.717) is 11.4 Å². The molecule has 0 N–H and O–H groups in total. The van der Waals surface area contributed by atoms with Crippen molar-refractivity contribution >= 4 is 29.3 Å². The smallest absolute Gasteiger partial charge is 0.227 e. The average Bonchev–Trinajstić information content (AvgIpc) is 2.58. The minimum absolute atomic E-state index is 0.119. The van der Waals surface area contributed by atoms with Crippen molar-refractivity contribution < 1.29 is 4.79 Å². The molecule has 0 fully saturated rings. The van der Waals surface area contributed by atoms with Gasteiger partial charge in [0, 0.05) is 17.3 Å². The molecule has 0 aliphatic carbocycles. The number of amides is 1. The second kappa shape index (κ2) is 7.62. The van der Waals surface area contributed by atoms with E-state index in [4.69, 9.17) is 11.6 Å². The van der Waals surface area contributed by atoms with E-state index >= 15 is 0 Å². The Kier molecular flexibility index (Phi) is 5.52. The molecule has 0 radical (unpaired) electrons. The quantitative estimate of drug-likeness (QED) is 0.774. The molecule has 0 saturated carbocycles. The minimum atomic E-state index is 0.119. The number of halogens is 1. The summed E-state index contributed by atoms with van der Waals surface area (Å²) < 4.78 is 0. The number of carbonyl (C=O) groups excluding carboxylic acids is 1. The second-order valence-corrected chi connectivity index (χ2v) is 7.47. The number of fused-ring (bicyclic) bond motifs is 1. The highest BCUT2D eigenvalue weighted by Crippen LogP contribution is 2.31. The lowest BCUT2D eigenvalue weighted by atomic mass is 9.93. The molecule has 0 spiro atoms. The van der Waals surface area contributed by atoms with Crippen LogP contribution in [0.25, 0.3) is 0 Å². The third kappa shape index (κ3) is 3.47. The van der Waals surface area contributed by atoms with Crippen molar-refractivity contribution in [2.24, 2.45) is 0 Å². The van der Waals surface area contributed by atoms with E-state index in [0.717, 1.165) is 29.8 Å². The Morgan fingerprint density at radius 3 is 2.83 bits per heavy atom. The van der Waals surface area contributed by atoms with Crippen LogP contribution in [-0.2, 0) is 23.4 Å². The Morgan fingerprint density at radius 1 is 1.25 bits per heavy atom. The fourth-order valence-corrected chi connectivity index (χ4v) is 4.30. The van der Waals surface area contributed by atoms with Crippen LogP contribution in [0.1, 0.15) is 35.2 Å². The van der Waals surface area contributed by atoms with Gasteiger partial charge in [-0.3, -0.25) is 4.79 Å². The summed E-state index contributed by atoms with van der Waals surface area (Å²) >= 11 is 8.13. The molecule has 0 aromatic heterocycles. The Labute approximate surface area is 153 Å². The highest BCUT2D eigenvalue weighted by Gasteiger charge is 2.27. The molecular formula is C20H22ClNOS. The first-order chi connectivity index (χ1) is 11.6. The molecule has 0 saturated heterocycles. The molecule has 1 aliphatic heterocycles. The molecule has 2 aromatic rings. The van der Waals surface area contributed by atoms with Gasteiger partial charge in [0.2, 0.25) is 5.91 Å². The van der Waals surface area contributed by atoms with E-state index < -0.39 is 0 Å². The number of hydrogen-bond acceptors (Lipinski definition) is 2. The predicted molar refractivity (Wildman–Crippen MR) is 103 cm³/mol. The van der Waals surface area contributed by atoms with E-state index in [-0.39, 0.29) is 11.9 Å². The zero-order valence-corrected chi connectivity index (χ0v) is 15.7. The number of hydrogen-bond donors (Lipinski definition) is 0. The van der Waals surface area contributed by atoms with Crippen molar-refractivity contribution in [3.8, 4) is 0 Å². The van der Waals surface area contributed by atoms with Gasteiger partial charge in [0.25, 0.3) is 0 Å². The molecule has 24 heavy (non-hydrogen) atoms. The van der Waals surface area contributed by atoms with E-state index in [1.807, 2.05) is 23.1 Å². The fraction of sp³-hybridized carbons (Fsp3) is 0.350. The summed E-state index contributed by atoms with van der Waals surface area (Å²) in [6.07, 6.45) is 3.37. The fourth-order valence-electron chi connectivity index (χ4n) is 3.46. The van der Waals surface area contributed by atoms with E-state index in [9.17, 15) is 4.79 Å². The summed E-state index contributed by atoms with van der Waals surface area (Å²) in [4.78, 5) is 15.0. The largest absolute Gasteiger partial charge is 0.335 e. The molecule has 0 unspecified atom stereocenters. The summed E-state index contributed by atoms with van der Waals surface area (Å²) in [5.41, 5.74) is 4.76. The van der Waals surface area contributed by atoms with Gasteiger partial charge in [-0.05, 0) is 47.9 Å². The van der Waals surface area contributed by atoms with Gasteiger partial charge in [-0.1, -0.05) is 48.0 Å². The van der Waals surface area contributed by atoms with Crippen LogP contribution in [0.4, 0.5) is 0 Å². The lowest BCUT2D eigenvalue weighted by Crippen LogP contribution is -2.39. The van der Waals surface area contributed by atoms with Crippen LogP contribution in [0.5, 0.6) is 0 Å². The molecular weight excluding hydrogens is 338 g/mol. The number of rotatable bonds is 4. The maximum absolute atomic E-state index is 13.0. The molecule has 1 aliphatic rings. The third-order valence-electron chi connectivity index (χ3n) is 4.76. The molecule has 3 rings (SSSR count). The van der Waals surface area contributed by atoms with Gasteiger partial charge in [0.05, 0.1) is 12.5 Å². The Morgan fingerprint density at radius 2 is 2.04 bits per heavy atom. The van der Waals surface area contributed by atoms with Crippen LogP contribution in [-0.4, -0.2) is 23.6 Å². The first kappa shape index (κ1) is 17.4. The normalized spacial score (nSPS) is 16.8. The van der Waals surface area contributed by atoms with Gasteiger partial charge in [-0.15, -0.1) is 0 Å². The van der Waals surface area contributed by atoms with Gasteiger partial charge in [0.1, 0.15) is 0 Å². The first-order valence-corrected chi connectivity index (χ1v) is 10.0. The summed E-state index contributed by atoms with van der Waals surface area (Å²) in [6.45, 7) is 2.89. The lowest BCUT2D eigenvalue weighted by Gasteiger charge is -2.35.